The standard InChI is InChI=1S/C24H27ClN2O5S/c1-3-6-22(29)26-17-11-9-16(10-12-17)21(28)15-32-24(31)20(13-14-33-2)27-23(30)18-7-4-5-8-19(18)25/h4-5,7-12,20H,3,6,13-15H2,1-2H3,(H,26,29)(H,27,30). The normalized spacial score (nSPS) is 11.4. The zero-order valence-electron chi connectivity index (χ0n) is 18.6. The van der Waals surface area contributed by atoms with Crippen LogP contribution in [-0.2, 0) is 14.3 Å². The number of carbonyl (C=O) groups is 4. The van der Waals surface area contributed by atoms with Gasteiger partial charge >= 0.3 is 5.97 Å². The van der Waals surface area contributed by atoms with Crippen LogP contribution in [0.1, 0.15) is 46.9 Å². The van der Waals surface area contributed by atoms with E-state index in [1.54, 1.807) is 48.5 Å². The second kappa shape index (κ2) is 13.6. The van der Waals surface area contributed by atoms with Crippen LogP contribution in [0.15, 0.2) is 48.5 Å². The lowest BCUT2D eigenvalue weighted by Crippen LogP contribution is -2.42. The first-order valence-corrected chi connectivity index (χ1v) is 12.3. The van der Waals surface area contributed by atoms with E-state index in [1.165, 1.54) is 11.8 Å². The molecule has 0 fully saturated rings. The van der Waals surface area contributed by atoms with Crippen molar-refractivity contribution >= 4 is 52.6 Å². The van der Waals surface area contributed by atoms with E-state index in [4.69, 9.17) is 16.3 Å². The van der Waals surface area contributed by atoms with E-state index < -0.39 is 30.3 Å². The summed E-state index contributed by atoms with van der Waals surface area (Å²) in [5.74, 6) is -1.06. The molecule has 0 aromatic heterocycles. The average molecular weight is 491 g/mol. The summed E-state index contributed by atoms with van der Waals surface area (Å²) in [7, 11) is 0. The number of esters is 1. The highest BCUT2D eigenvalue weighted by Gasteiger charge is 2.24. The molecule has 0 heterocycles. The van der Waals surface area contributed by atoms with Gasteiger partial charge in [0.05, 0.1) is 10.6 Å². The number of hydrogen-bond donors (Lipinski definition) is 2. The van der Waals surface area contributed by atoms with Crippen LogP contribution in [0.2, 0.25) is 5.02 Å². The Morgan fingerprint density at radius 2 is 1.76 bits per heavy atom. The second-order valence-corrected chi connectivity index (χ2v) is 8.59. The molecule has 2 amide bonds. The Hall–Kier alpha value is -2.84. The molecule has 0 saturated heterocycles. The van der Waals surface area contributed by atoms with Gasteiger partial charge in [0, 0.05) is 17.7 Å². The van der Waals surface area contributed by atoms with Gasteiger partial charge in [-0.1, -0.05) is 30.7 Å². The third-order valence-electron chi connectivity index (χ3n) is 4.63. The second-order valence-electron chi connectivity index (χ2n) is 7.19. The number of thioether (sulfide) groups is 1. The van der Waals surface area contributed by atoms with Crippen LogP contribution in [0, 0.1) is 0 Å². The molecule has 176 valence electrons. The van der Waals surface area contributed by atoms with Gasteiger partial charge in [-0.25, -0.2) is 4.79 Å². The minimum absolute atomic E-state index is 0.0966. The number of rotatable bonds is 12. The molecule has 0 aliphatic carbocycles. The van der Waals surface area contributed by atoms with Crippen molar-refractivity contribution in [2.75, 3.05) is 23.9 Å². The lowest BCUT2D eigenvalue weighted by atomic mass is 10.1. The summed E-state index contributed by atoms with van der Waals surface area (Å²) in [5.41, 5.74) is 1.18. The summed E-state index contributed by atoms with van der Waals surface area (Å²) in [5, 5.41) is 5.66. The first kappa shape index (κ1) is 26.4. The van der Waals surface area contributed by atoms with Gasteiger partial charge in [-0.2, -0.15) is 11.8 Å². The molecule has 0 bridgehead atoms. The minimum atomic E-state index is -0.912. The zero-order chi connectivity index (χ0) is 24.2. The molecule has 9 heteroatoms. The SMILES string of the molecule is CCCC(=O)Nc1ccc(C(=O)COC(=O)C(CCSC)NC(=O)c2ccccc2Cl)cc1. The summed E-state index contributed by atoms with van der Waals surface area (Å²) < 4.78 is 5.20. The van der Waals surface area contributed by atoms with E-state index in [1.807, 2.05) is 13.2 Å². The van der Waals surface area contributed by atoms with Crippen LogP contribution < -0.4 is 10.6 Å². The lowest BCUT2D eigenvalue weighted by molar-refractivity contribution is -0.144. The third-order valence-corrected chi connectivity index (χ3v) is 5.61. The Bertz CT molecular complexity index is 981. The van der Waals surface area contributed by atoms with Crippen LogP contribution in [0.25, 0.3) is 0 Å². The third kappa shape index (κ3) is 8.55. The molecule has 2 aromatic carbocycles. The van der Waals surface area contributed by atoms with E-state index >= 15 is 0 Å². The predicted octanol–water partition coefficient (Wildman–Crippen LogP) is 4.36. The topological polar surface area (TPSA) is 102 Å². The number of ether oxygens (including phenoxy) is 1. The number of carbonyl (C=O) groups excluding carboxylic acids is 4. The van der Waals surface area contributed by atoms with Crippen molar-refractivity contribution in [2.24, 2.45) is 0 Å². The van der Waals surface area contributed by atoms with Crippen molar-refractivity contribution in [3.63, 3.8) is 0 Å². The number of halogens is 1. The van der Waals surface area contributed by atoms with Gasteiger partial charge in [-0.05, 0) is 61.2 Å². The zero-order valence-corrected chi connectivity index (χ0v) is 20.1. The number of benzene rings is 2. The fourth-order valence-corrected chi connectivity index (χ4v) is 3.57. The van der Waals surface area contributed by atoms with Gasteiger partial charge in [-0.15, -0.1) is 0 Å². The predicted molar refractivity (Wildman–Crippen MR) is 131 cm³/mol. The van der Waals surface area contributed by atoms with Crippen LogP contribution in [0.5, 0.6) is 0 Å². The average Bonchev–Trinajstić information content (AvgIpc) is 2.80. The molecule has 33 heavy (non-hydrogen) atoms. The van der Waals surface area contributed by atoms with Crippen molar-refractivity contribution in [3.05, 3.63) is 64.7 Å². The van der Waals surface area contributed by atoms with Crippen molar-refractivity contribution in [3.8, 4) is 0 Å². The molecule has 1 atom stereocenters. The number of Topliss-reactive ketones (excluding diaryl/α,β-unsaturated/α-hetero) is 1. The highest BCUT2D eigenvalue weighted by molar-refractivity contribution is 7.98. The van der Waals surface area contributed by atoms with Crippen LogP contribution in [-0.4, -0.2) is 48.2 Å². The molecular weight excluding hydrogens is 464 g/mol. The maximum absolute atomic E-state index is 12.6. The minimum Gasteiger partial charge on any atom is -0.456 e. The molecule has 0 aliphatic rings. The number of amides is 2. The fourth-order valence-electron chi connectivity index (χ4n) is 2.88. The van der Waals surface area contributed by atoms with Gasteiger partial charge in [0.25, 0.3) is 5.91 Å². The van der Waals surface area contributed by atoms with Crippen molar-refractivity contribution in [1.29, 1.82) is 0 Å². The van der Waals surface area contributed by atoms with E-state index in [0.717, 1.165) is 6.42 Å². The quantitative estimate of drug-likeness (QED) is 0.338. The number of hydrogen-bond acceptors (Lipinski definition) is 6. The Balaban J connectivity index is 1.95. The van der Waals surface area contributed by atoms with Crippen molar-refractivity contribution in [2.45, 2.75) is 32.2 Å². The molecule has 1 unspecified atom stereocenters. The summed E-state index contributed by atoms with van der Waals surface area (Å²) >= 11 is 7.58. The molecular formula is C24H27ClN2O5S. The first-order valence-electron chi connectivity index (χ1n) is 10.5. The van der Waals surface area contributed by atoms with E-state index in [2.05, 4.69) is 10.6 Å². The maximum Gasteiger partial charge on any atom is 0.329 e. The fraction of sp³-hybridized carbons (Fsp3) is 0.333. The Morgan fingerprint density at radius 3 is 2.39 bits per heavy atom. The summed E-state index contributed by atoms with van der Waals surface area (Å²) in [6.07, 6.45) is 3.39. The highest BCUT2D eigenvalue weighted by Crippen LogP contribution is 2.16. The molecule has 0 saturated carbocycles. The van der Waals surface area contributed by atoms with Gasteiger partial charge in [-0.3, -0.25) is 14.4 Å². The van der Waals surface area contributed by atoms with Gasteiger partial charge in [0.1, 0.15) is 6.04 Å². The van der Waals surface area contributed by atoms with E-state index in [0.29, 0.717) is 29.8 Å². The highest BCUT2D eigenvalue weighted by atomic mass is 35.5. The van der Waals surface area contributed by atoms with Crippen LogP contribution in [0.3, 0.4) is 0 Å². The monoisotopic (exact) mass is 490 g/mol. The first-order chi connectivity index (χ1) is 15.8. The van der Waals surface area contributed by atoms with Crippen molar-refractivity contribution in [1.82, 2.24) is 5.32 Å². The molecule has 2 aromatic rings. The lowest BCUT2D eigenvalue weighted by Gasteiger charge is -2.17. The smallest absolute Gasteiger partial charge is 0.329 e. The molecule has 0 radical (unpaired) electrons. The maximum atomic E-state index is 12.6. The van der Waals surface area contributed by atoms with Crippen LogP contribution >= 0.6 is 23.4 Å². The van der Waals surface area contributed by atoms with Gasteiger partial charge in [0.15, 0.2) is 12.4 Å². The molecule has 2 rings (SSSR count). The molecule has 7 nitrogen and oxygen atoms in total. The number of anilines is 1. The Morgan fingerprint density at radius 1 is 1.06 bits per heavy atom. The summed E-state index contributed by atoms with van der Waals surface area (Å²) in [4.78, 5) is 49.2. The van der Waals surface area contributed by atoms with Gasteiger partial charge < -0.3 is 15.4 Å². The van der Waals surface area contributed by atoms with E-state index in [-0.39, 0.29) is 16.5 Å². The summed E-state index contributed by atoms with van der Waals surface area (Å²) in [6, 6.07) is 12.0. The molecule has 2 N–H and O–H groups in total. The number of ketones is 1. The number of nitrogens with one attached hydrogen (secondary N) is 2. The molecule has 0 aliphatic heterocycles. The largest absolute Gasteiger partial charge is 0.456 e. The Labute approximate surface area is 202 Å². The van der Waals surface area contributed by atoms with Crippen LogP contribution in [0.4, 0.5) is 5.69 Å². The summed E-state index contributed by atoms with van der Waals surface area (Å²) in [6.45, 7) is 1.45. The van der Waals surface area contributed by atoms with Crippen molar-refractivity contribution < 1.29 is 23.9 Å². The Kier molecular flexibility index (Phi) is 10.9. The molecule has 0 spiro atoms. The van der Waals surface area contributed by atoms with E-state index in [9.17, 15) is 19.2 Å². The van der Waals surface area contributed by atoms with Gasteiger partial charge in [0.2, 0.25) is 5.91 Å².